The van der Waals surface area contributed by atoms with Gasteiger partial charge in [0.2, 0.25) is 11.8 Å². The third kappa shape index (κ3) is 6.38. The summed E-state index contributed by atoms with van der Waals surface area (Å²) in [5.41, 5.74) is 1.97. The van der Waals surface area contributed by atoms with E-state index in [1.165, 1.54) is 43.9 Å². The largest absolute Gasteiger partial charge is 0.355 e. The lowest BCUT2D eigenvalue weighted by Gasteiger charge is -2.21. The maximum absolute atomic E-state index is 13.0. The summed E-state index contributed by atoms with van der Waals surface area (Å²) in [5, 5.41) is 6.00. The predicted octanol–water partition coefficient (Wildman–Crippen LogP) is 4.85. The van der Waals surface area contributed by atoms with E-state index in [2.05, 4.69) is 10.6 Å². The summed E-state index contributed by atoms with van der Waals surface area (Å²) in [4.78, 5) is 39.9. The van der Waals surface area contributed by atoms with Crippen LogP contribution in [-0.4, -0.2) is 36.6 Å². The Labute approximate surface area is 199 Å². The quantitative estimate of drug-likeness (QED) is 0.546. The highest BCUT2D eigenvalue weighted by Gasteiger charge is 2.22. The number of rotatable bonds is 8. The highest BCUT2D eigenvalue weighted by atomic mass is 32.2. The molecular formula is C26H31N3O3S. The van der Waals surface area contributed by atoms with Gasteiger partial charge in [-0.3, -0.25) is 14.4 Å². The zero-order valence-corrected chi connectivity index (χ0v) is 19.7. The van der Waals surface area contributed by atoms with Crippen molar-refractivity contribution in [3.8, 4) is 0 Å². The summed E-state index contributed by atoms with van der Waals surface area (Å²) in [5.74, 6) is 0.762. The zero-order valence-electron chi connectivity index (χ0n) is 18.8. The minimum Gasteiger partial charge on any atom is -0.355 e. The van der Waals surface area contributed by atoms with Crippen LogP contribution in [0.2, 0.25) is 0 Å². The molecule has 2 aromatic carbocycles. The van der Waals surface area contributed by atoms with Crippen molar-refractivity contribution in [3.05, 3.63) is 54.1 Å². The normalized spacial score (nSPS) is 16.6. The lowest BCUT2D eigenvalue weighted by molar-refractivity contribution is -0.119. The van der Waals surface area contributed by atoms with Crippen molar-refractivity contribution in [2.24, 2.45) is 5.92 Å². The van der Waals surface area contributed by atoms with Crippen molar-refractivity contribution in [1.82, 2.24) is 5.32 Å². The van der Waals surface area contributed by atoms with Gasteiger partial charge in [-0.15, -0.1) is 11.8 Å². The second kappa shape index (κ2) is 11.4. The lowest BCUT2D eigenvalue weighted by atomic mass is 9.89. The van der Waals surface area contributed by atoms with E-state index < -0.39 is 0 Å². The smallest absolute Gasteiger partial charge is 0.256 e. The highest BCUT2D eigenvalue weighted by molar-refractivity contribution is 8.00. The van der Waals surface area contributed by atoms with Crippen LogP contribution in [0.1, 0.15) is 55.3 Å². The number of carbonyl (C=O) groups is 3. The topological polar surface area (TPSA) is 78.5 Å². The molecule has 0 aromatic heterocycles. The maximum Gasteiger partial charge on any atom is 0.256 e. The number of nitrogens with one attached hydrogen (secondary N) is 2. The van der Waals surface area contributed by atoms with E-state index in [4.69, 9.17) is 0 Å². The Hall–Kier alpha value is -2.80. The Bertz CT molecular complexity index is 1000. The molecule has 0 atom stereocenters. The highest BCUT2D eigenvalue weighted by Crippen LogP contribution is 2.27. The van der Waals surface area contributed by atoms with Gasteiger partial charge in [-0.2, -0.15) is 0 Å². The third-order valence-corrected chi connectivity index (χ3v) is 7.37. The molecule has 2 aromatic rings. The van der Waals surface area contributed by atoms with E-state index in [0.29, 0.717) is 30.1 Å². The average Bonchev–Trinajstić information content (AvgIpc) is 3.28. The van der Waals surface area contributed by atoms with Crippen LogP contribution < -0.4 is 15.5 Å². The number of amides is 3. The molecule has 7 heteroatoms. The fraction of sp³-hybridized carbons (Fsp3) is 0.423. The number of hydrogen-bond acceptors (Lipinski definition) is 4. The van der Waals surface area contributed by atoms with Gasteiger partial charge in [-0.05, 0) is 55.5 Å². The Balaban J connectivity index is 1.34. The van der Waals surface area contributed by atoms with Gasteiger partial charge in [0.1, 0.15) is 0 Å². The number of hydrogen-bond donors (Lipinski definition) is 2. The first-order chi connectivity index (χ1) is 16.1. The molecule has 0 radical (unpaired) electrons. The molecule has 0 bridgehead atoms. The molecule has 2 fully saturated rings. The number of carbonyl (C=O) groups excluding carboxylic acids is 3. The predicted molar refractivity (Wildman–Crippen MR) is 133 cm³/mol. The van der Waals surface area contributed by atoms with E-state index in [0.717, 1.165) is 23.5 Å². The van der Waals surface area contributed by atoms with E-state index in [9.17, 15) is 14.4 Å². The van der Waals surface area contributed by atoms with Gasteiger partial charge in [-0.25, -0.2) is 0 Å². The average molecular weight is 466 g/mol. The molecule has 33 heavy (non-hydrogen) atoms. The van der Waals surface area contributed by atoms with Crippen molar-refractivity contribution < 1.29 is 14.4 Å². The molecule has 2 N–H and O–H groups in total. The first-order valence-electron chi connectivity index (χ1n) is 11.8. The van der Waals surface area contributed by atoms with E-state index >= 15 is 0 Å². The van der Waals surface area contributed by atoms with Crippen LogP contribution in [0.25, 0.3) is 0 Å². The van der Waals surface area contributed by atoms with E-state index in [1.807, 2.05) is 42.5 Å². The van der Waals surface area contributed by atoms with Gasteiger partial charge >= 0.3 is 0 Å². The summed E-state index contributed by atoms with van der Waals surface area (Å²) in [7, 11) is 0. The van der Waals surface area contributed by atoms with Crippen molar-refractivity contribution in [1.29, 1.82) is 0 Å². The van der Waals surface area contributed by atoms with Crippen LogP contribution in [0.3, 0.4) is 0 Å². The lowest BCUT2D eigenvalue weighted by Crippen LogP contribution is -2.31. The molecule has 0 unspecified atom stereocenters. The molecule has 0 spiro atoms. The summed E-state index contributed by atoms with van der Waals surface area (Å²) < 4.78 is 0. The summed E-state index contributed by atoms with van der Waals surface area (Å²) in [6, 6.07) is 14.7. The standard InChI is InChI=1S/C26H31N3O3S/c30-24(27-17-19-8-2-1-3-9-19)18-33-23-13-5-4-12-22(23)26(32)28-20-10-6-11-21(16-20)29-15-7-14-25(29)31/h4-6,10-13,16,19H,1-3,7-9,14-15,17-18H2,(H,27,30)(H,28,32). The molecule has 6 nitrogen and oxygen atoms in total. The second-order valence-electron chi connectivity index (χ2n) is 8.75. The monoisotopic (exact) mass is 465 g/mol. The first-order valence-corrected chi connectivity index (χ1v) is 12.8. The van der Waals surface area contributed by atoms with Gasteiger partial charge in [0.05, 0.1) is 11.3 Å². The van der Waals surface area contributed by atoms with Crippen LogP contribution in [0.5, 0.6) is 0 Å². The Morgan fingerprint density at radius 2 is 1.82 bits per heavy atom. The first kappa shape index (κ1) is 23.4. The molecule has 1 saturated carbocycles. The second-order valence-corrected chi connectivity index (χ2v) is 9.76. The Morgan fingerprint density at radius 1 is 1.00 bits per heavy atom. The molecule has 4 rings (SSSR count). The van der Waals surface area contributed by atoms with Crippen molar-refractivity contribution >= 4 is 40.9 Å². The van der Waals surface area contributed by atoms with Crippen LogP contribution >= 0.6 is 11.8 Å². The summed E-state index contributed by atoms with van der Waals surface area (Å²) >= 11 is 1.38. The third-order valence-electron chi connectivity index (χ3n) is 6.29. The Morgan fingerprint density at radius 3 is 2.61 bits per heavy atom. The van der Waals surface area contributed by atoms with Crippen LogP contribution in [-0.2, 0) is 9.59 Å². The summed E-state index contributed by atoms with van der Waals surface area (Å²) in [6.07, 6.45) is 7.64. The van der Waals surface area contributed by atoms with Gasteiger partial charge in [0.15, 0.2) is 0 Å². The van der Waals surface area contributed by atoms with Crippen LogP contribution in [0.4, 0.5) is 11.4 Å². The van der Waals surface area contributed by atoms with Gasteiger partial charge in [0.25, 0.3) is 5.91 Å². The van der Waals surface area contributed by atoms with Gasteiger partial charge in [-0.1, -0.05) is 37.5 Å². The van der Waals surface area contributed by atoms with E-state index in [-0.39, 0.29) is 23.5 Å². The van der Waals surface area contributed by atoms with E-state index in [1.54, 1.807) is 11.0 Å². The van der Waals surface area contributed by atoms with Crippen LogP contribution in [0, 0.1) is 5.92 Å². The van der Waals surface area contributed by atoms with Crippen LogP contribution in [0.15, 0.2) is 53.4 Å². The molecule has 1 aliphatic carbocycles. The Kier molecular flexibility index (Phi) is 8.05. The van der Waals surface area contributed by atoms with Crippen molar-refractivity contribution in [3.63, 3.8) is 0 Å². The molecule has 1 heterocycles. The molecule has 2 aliphatic rings. The SMILES string of the molecule is O=C(CSc1ccccc1C(=O)Nc1cccc(N2CCCC2=O)c1)NCC1CCCCC1. The fourth-order valence-electron chi connectivity index (χ4n) is 4.49. The van der Waals surface area contributed by atoms with Gasteiger partial charge in [0, 0.05) is 35.8 Å². The number of thioether (sulfide) groups is 1. The number of anilines is 2. The fourth-order valence-corrected chi connectivity index (χ4v) is 5.37. The molecule has 1 saturated heterocycles. The number of nitrogens with zero attached hydrogens (tertiary/aromatic N) is 1. The maximum atomic E-state index is 13.0. The zero-order chi connectivity index (χ0) is 23.0. The van der Waals surface area contributed by atoms with Crippen molar-refractivity contribution in [2.75, 3.05) is 29.1 Å². The van der Waals surface area contributed by atoms with Crippen molar-refractivity contribution in [2.45, 2.75) is 49.8 Å². The number of benzene rings is 2. The molecule has 174 valence electrons. The molecule has 1 aliphatic heterocycles. The molecule has 3 amide bonds. The molecular weight excluding hydrogens is 434 g/mol. The van der Waals surface area contributed by atoms with Gasteiger partial charge < -0.3 is 15.5 Å². The minimum absolute atomic E-state index is 0.00349. The minimum atomic E-state index is -0.231. The summed E-state index contributed by atoms with van der Waals surface area (Å²) in [6.45, 7) is 1.45.